The number of anilines is 1. The van der Waals surface area contributed by atoms with E-state index in [-0.39, 0.29) is 11.7 Å². The molecule has 0 saturated carbocycles. The first-order valence-electron chi connectivity index (χ1n) is 5.81. The van der Waals surface area contributed by atoms with E-state index in [9.17, 15) is 10.1 Å². The van der Waals surface area contributed by atoms with E-state index in [1.165, 1.54) is 6.07 Å². The number of nitrogens with one attached hydrogen (secondary N) is 2. The molecule has 6 nitrogen and oxygen atoms in total. The Kier molecular flexibility index (Phi) is 4.16. The van der Waals surface area contributed by atoms with Gasteiger partial charge in [-0.05, 0) is 18.6 Å². The van der Waals surface area contributed by atoms with Gasteiger partial charge >= 0.3 is 0 Å². The summed E-state index contributed by atoms with van der Waals surface area (Å²) < 4.78 is 0.787. The van der Waals surface area contributed by atoms with Crippen LogP contribution in [0, 0.1) is 10.1 Å². The molecule has 0 bridgehead atoms. The van der Waals surface area contributed by atoms with Crippen LogP contribution in [0.4, 0.5) is 11.4 Å². The highest BCUT2D eigenvalue weighted by molar-refractivity contribution is 9.10. The van der Waals surface area contributed by atoms with E-state index >= 15 is 0 Å². The maximum absolute atomic E-state index is 11.0. The third kappa shape index (κ3) is 3.11. The van der Waals surface area contributed by atoms with Gasteiger partial charge in [0, 0.05) is 22.9 Å². The third-order valence-corrected chi connectivity index (χ3v) is 3.24. The van der Waals surface area contributed by atoms with Gasteiger partial charge in [0.15, 0.2) is 0 Å². The lowest BCUT2D eigenvalue weighted by Crippen LogP contribution is -2.12. The zero-order valence-electron chi connectivity index (χ0n) is 10.3. The third-order valence-electron chi connectivity index (χ3n) is 2.74. The van der Waals surface area contributed by atoms with Crippen molar-refractivity contribution < 1.29 is 4.92 Å². The first kappa shape index (κ1) is 13.5. The Morgan fingerprint density at radius 2 is 2.37 bits per heavy atom. The fourth-order valence-corrected chi connectivity index (χ4v) is 2.16. The normalized spacial score (nSPS) is 12.1. The number of halogens is 1. The van der Waals surface area contributed by atoms with Crippen LogP contribution in [-0.2, 0) is 0 Å². The van der Waals surface area contributed by atoms with Gasteiger partial charge in [-0.2, -0.15) is 0 Å². The molecule has 1 aromatic carbocycles. The number of benzene rings is 1. The van der Waals surface area contributed by atoms with Crippen LogP contribution in [0.2, 0.25) is 0 Å². The number of nitrogens with zero attached hydrogens (tertiary/aromatic N) is 2. The Morgan fingerprint density at radius 3 is 2.95 bits per heavy atom. The lowest BCUT2D eigenvalue weighted by molar-refractivity contribution is -0.384. The second-order valence-corrected chi connectivity index (χ2v) is 4.91. The Hall–Kier alpha value is -1.89. The van der Waals surface area contributed by atoms with Crippen LogP contribution >= 0.6 is 15.9 Å². The molecule has 0 spiro atoms. The summed E-state index contributed by atoms with van der Waals surface area (Å²) in [7, 11) is 0. The predicted molar refractivity (Wildman–Crippen MR) is 76.0 cm³/mol. The highest BCUT2D eigenvalue weighted by Gasteiger charge is 2.18. The summed E-state index contributed by atoms with van der Waals surface area (Å²) in [5.74, 6) is 0.761. The van der Waals surface area contributed by atoms with E-state index in [1.54, 1.807) is 24.5 Å². The lowest BCUT2D eigenvalue weighted by Gasteiger charge is -2.16. The van der Waals surface area contributed by atoms with Crippen molar-refractivity contribution in [2.24, 2.45) is 0 Å². The second-order valence-electron chi connectivity index (χ2n) is 4.00. The SMILES string of the molecule is CCC(Nc1cc(Br)ccc1[N+](=O)[O-])c1ncc[nH]1. The summed E-state index contributed by atoms with van der Waals surface area (Å²) in [5.41, 5.74) is 0.524. The van der Waals surface area contributed by atoms with Crippen LogP contribution in [0.5, 0.6) is 0 Å². The molecule has 0 amide bonds. The number of nitro groups is 1. The molecule has 2 aromatic rings. The fraction of sp³-hybridized carbons (Fsp3) is 0.250. The number of aromatic nitrogens is 2. The van der Waals surface area contributed by atoms with E-state index in [0.717, 1.165) is 16.7 Å². The van der Waals surface area contributed by atoms with Crippen LogP contribution in [-0.4, -0.2) is 14.9 Å². The van der Waals surface area contributed by atoms with Crippen molar-refractivity contribution in [2.75, 3.05) is 5.32 Å². The summed E-state index contributed by atoms with van der Waals surface area (Å²) in [6, 6.07) is 4.73. The monoisotopic (exact) mass is 324 g/mol. The molecule has 7 heteroatoms. The van der Waals surface area contributed by atoms with Crippen LogP contribution in [0.1, 0.15) is 25.2 Å². The largest absolute Gasteiger partial charge is 0.370 e. The van der Waals surface area contributed by atoms with E-state index in [1.807, 2.05) is 6.92 Å². The molecule has 0 aliphatic carbocycles. The quantitative estimate of drug-likeness (QED) is 0.649. The topological polar surface area (TPSA) is 83.8 Å². The number of rotatable bonds is 5. The smallest absolute Gasteiger partial charge is 0.292 e. The van der Waals surface area contributed by atoms with E-state index in [0.29, 0.717) is 5.69 Å². The summed E-state index contributed by atoms with van der Waals surface area (Å²) in [6.45, 7) is 1.99. The molecule has 0 fully saturated rings. The molecule has 1 heterocycles. The summed E-state index contributed by atoms with van der Waals surface area (Å²) >= 11 is 3.32. The van der Waals surface area contributed by atoms with Crippen LogP contribution < -0.4 is 5.32 Å². The van der Waals surface area contributed by atoms with Gasteiger partial charge in [-0.3, -0.25) is 10.1 Å². The van der Waals surface area contributed by atoms with Gasteiger partial charge in [0.05, 0.1) is 11.0 Å². The lowest BCUT2D eigenvalue weighted by atomic mass is 10.2. The zero-order chi connectivity index (χ0) is 13.8. The van der Waals surface area contributed by atoms with E-state index in [2.05, 4.69) is 31.2 Å². The van der Waals surface area contributed by atoms with Crippen molar-refractivity contribution in [3.8, 4) is 0 Å². The average molecular weight is 325 g/mol. The summed E-state index contributed by atoms with van der Waals surface area (Å²) in [4.78, 5) is 17.8. The number of aromatic amines is 1. The molecular weight excluding hydrogens is 312 g/mol. The Bertz CT molecular complexity index is 571. The number of hydrogen-bond acceptors (Lipinski definition) is 4. The second kappa shape index (κ2) is 5.83. The average Bonchev–Trinajstić information content (AvgIpc) is 2.89. The molecule has 2 N–H and O–H groups in total. The van der Waals surface area contributed by atoms with Gasteiger partial charge in [0.2, 0.25) is 0 Å². The maximum atomic E-state index is 11.0. The highest BCUT2D eigenvalue weighted by Crippen LogP contribution is 2.31. The summed E-state index contributed by atoms with van der Waals surface area (Å²) in [6.07, 6.45) is 4.15. The molecule has 1 aromatic heterocycles. The van der Waals surface area contributed by atoms with Gasteiger partial charge in [0.1, 0.15) is 11.5 Å². The first-order chi connectivity index (χ1) is 9.11. The minimum absolute atomic E-state index is 0.0493. The Balaban J connectivity index is 2.31. The molecule has 19 heavy (non-hydrogen) atoms. The number of H-pyrrole nitrogens is 1. The molecule has 100 valence electrons. The minimum Gasteiger partial charge on any atom is -0.370 e. The van der Waals surface area contributed by atoms with Gasteiger partial charge < -0.3 is 10.3 Å². The van der Waals surface area contributed by atoms with Crippen molar-refractivity contribution in [1.29, 1.82) is 0 Å². The summed E-state index contributed by atoms with van der Waals surface area (Å²) in [5, 5.41) is 14.2. The number of imidazole rings is 1. The standard InChI is InChI=1S/C12H13BrN4O2/c1-2-9(12-14-5-6-15-12)16-10-7-8(13)3-4-11(10)17(18)19/h3-7,9,16H,2H2,1H3,(H,14,15). The van der Waals surface area contributed by atoms with Crippen LogP contribution in [0.25, 0.3) is 0 Å². The molecule has 1 unspecified atom stereocenters. The Labute approximate surface area is 118 Å². The number of hydrogen-bond donors (Lipinski definition) is 2. The van der Waals surface area contributed by atoms with E-state index < -0.39 is 4.92 Å². The van der Waals surface area contributed by atoms with E-state index in [4.69, 9.17) is 0 Å². The van der Waals surface area contributed by atoms with Gasteiger partial charge in [-0.1, -0.05) is 22.9 Å². The van der Waals surface area contributed by atoms with Crippen molar-refractivity contribution in [2.45, 2.75) is 19.4 Å². The van der Waals surface area contributed by atoms with Gasteiger partial charge in [-0.15, -0.1) is 0 Å². The van der Waals surface area contributed by atoms with Crippen LogP contribution in [0.3, 0.4) is 0 Å². The molecule has 2 rings (SSSR count). The molecule has 0 aliphatic rings. The van der Waals surface area contributed by atoms with Gasteiger partial charge in [-0.25, -0.2) is 4.98 Å². The molecule has 1 atom stereocenters. The van der Waals surface area contributed by atoms with Crippen LogP contribution in [0.15, 0.2) is 35.1 Å². The fourth-order valence-electron chi connectivity index (χ4n) is 1.80. The van der Waals surface area contributed by atoms with Crippen molar-refractivity contribution in [3.63, 3.8) is 0 Å². The predicted octanol–water partition coefficient (Wildman–Crippen LogP) is 3.64. The van der Waals surface area contributed by atoms with Gasteiger partial charge in [0.25, 0.3) is 5.69 Å². The Morgan fingerprint density at radius 1 is 1.58 bits per heavy atom. The molecule has 0 aliphatic heterocycles. The van der Waals surface area contributed by atoms with Crippen molar-refractivity contribution in [3.05, 3.63) is 51.0 Å². The highest BCUT2D eigenvalue weighted by atomic mass is 79.9. The minimum atomic E-state index is -0.399. The zero-order valence-corrected chi connectivity index (χ0v) is 11.8. The van der Waals surface area contributed by atoms with Crippen molar-refractivity contribution >= 4 is 27.3 Å². The maximum Gasteiger partial charge on any atom is 0.292 e. The van der Waals surface area contributed by atoms with Crippen molar-refractivity contribution in [1.82, 2.24) is 9.97 Å². The number of nitro benzene ring substituents is 1. The molecule has 0 saturated heterocycles. The first-order valence-corrected chi connectivity index (χ1v) is 6.61. The molecular formula is C12H13BrN4O2. The molecule has 0 radical (unpaired) electrons.